The van der Waals surface area contributed by atoms with Crippen LogP contribution >= 0.6 is 0 Å². The zero-order valence-corrected chi connectivity index (χ0v) is 12.2. The van der Waals surface area contributed by atoms with Crippen molar-refractivity contribution in [3.8, 4) is 0 Å². The number of rotatable bonds is 7. The lowest BCUT2D eigenvalue weighted by atomic mass is 10.1. The van der Waals surface area contributed by atoms with E-state index in [2.05, 4.69) is 0 Å². The number of sulfone groups is 1. The zero-order valence-electron chi connectivity index (χ0n) is 11.4. The lowest BCUT2D eigenvalue weighted by Gasteiger charge is -2.07. The van der Waals surface area contributed by atoms with Gasteiger partial charge in [0.15, 0.2) is 15.6 Å². The van der Waals surface area contributed by atoms with Crippen LogP contribution in [0.4, 0.5) is 0 Å². The van der Waals surface area contributed by atoms with E-state index in [0.717, 1.165) is 12.0 Å². The number of hydrogen-bond acceptors (Lipinski definition) is 4. The number of carbonyl (C=O) groups excluding carboxylic acids is 1. The molecule has 0 aromatic heterocycles. The summed E-state index contributed by atoms with van der Waals surface area (Å²) in [6, 6.07) is 7.18. The molecule has 0 saturated heterocycles. The van der Waals surface area contributed by atoms with E-state index >= 15 is 0 Å². The molecule has 0 spiro atoms. The summed E-state index contributed by atoms with van der Waals surface area (Å²) >= 11 is 0. The van der Waals surface area contributed by atoms with E-state index in [9.17, 15) is 13.2 Å². The minimum atomic E-state index is -3.16. The van der Waals surface area contributed by atoms with Crippen LogP contribution in [0.1, 0.15) is 36.2 Å². The van der Waals surface area contributed by atoms with Gasteiger partial charge in [-0.3, -0.25) is 4.79 Å². The molecule has 0 bridgehead atoms. The predicted molar refractivity (Wildman–Crippen MR) is 77.1 cm³/mol. The van der Waals surface area contributed by atoms with Crippen LogP contribution in [-0.4, -0.2) is 31.7 Å². The maximum absolute atomic E-state index is 11.9. The Morgan fingerprint density at radius 3 is 2.26 bits per heavy atom. The Morgan fingerprint density at radius 2 is 1.79 bits per heavy atom. The zero-order chi connectivity index (χ0) is 14.5. The number of benzene rings is 1. The van der Waals surface area contributed by atoms with Crippen LogP contribution < -0.4 is 5.73 Å². The van der Waals surface area contributed by atoms with Gasteiger partial charge in [0.25, 0.3) is 0 Å². The molecular weight excluding hydrogens is 262 g/mol. The van der Waals surface area contributed by atoms with Crippen molar-refractivity contribution in [2.45, 2.75) is 31.9 Å². The molecule has 4 nitrogen and oxygen atoms in total. The average Bonchev–Trinajstić information content (AvgIpc) is 2.37. The lowest BCUT2D eigenvalue weighted by Crippen LogP contribution is -2.19. The average molecular weight is 283 g/mol. The summed E-state index contributed by atoms with van der Waals surface area (Å²) in [6.07, 6.45) is 0.812. The quantitative estimate of drug-likeness (QED) is 0.771. The van der Waals surface area contributed by atoms with E-state index in [-0.39, 0.29) is 18.0 Å². The Morgan fingerprint density at radius 1 is 1.21 bits per heavy atom. The van der Waals surface area contributed by atoms with Gasteiger partial charge in [0, 0.05) is 12.0 Å². The van der Waals surface area contributed by atoms with Crippen molar-refractivity contribution in [2.24, 2.45) is 5.73 Å². The highest BCUT2D eigenvalue weighted by molar-refractivity contribution is 7.91. The first-order valence-electron chi connectivity index (χ1n) is 6.40. The largest absolute Gasteiger partial charge is 0.330 e. The Bertz CT molecular complexity index is 518. The molecule has 0 atom stereocenters. The third-order valence-electron chi connectivity index (χ3n) is 3.04. The lowest BCUT2D eigenvalue weighted by molar-refractivity contribution is 0.0988. The maximum atomic E-state index is 11.9. The predicted octanol–water partition coefficient (Wildman–Crippen LogP) is 1.58. The first kappa shape index (κ1) is 15.9. The van der Waals surface area contributed by atoms with Crippen LogP contribution in [0, 0.1) is 0 Å². The van der Waals surface area contributed by atoms with Gasteiger partial charge in [0.05, 0.1) is 11.0 Å². The maximum Gasteiger partial charge on any atom is 0.163 e. The van der Waals surface area contributed by atoms with Crippen molar-refractivity contribution in [2.75, 3.05) is 12.3 Å². The fraction of sp³-hybridized carbons (Fsp3) is 0.500. The second-order valence-electron chi connectivity index (χ2n) is 4.82. The minimum absolute atomic E-state index is 0.0384. The third kappa shape index (κ3) is 4.76. The Kier molecular flexibility index (Phi) is 5.69. The van der Waals surface area contributed by atoms with E-state index in [0.29, 0.717) is 12.1 Å². The molecule has 0 radical (unpaired) electrons. The minimum Gasteiger partial charge on any atom is -0.330 e. The van der Waals surface area contributed by atoms with E-state index in [1.165, 1.54) is 0 Å². The van der Waals surface area contributed by atoms with Crippen molar-refractivity contribution in [1.82, 2.24) is 0 Å². The smallest absolute Gasteiger partial charge is 0.163 e. The monoisotopic (exact) mass is 283 g/mol. The van der Waals surface area contributed by atoms with Gasteiger partial charge in [0.1, 0.15) is 0 Å². The molecule has 0 saturated carbocycles. The first-order chi connectivity index (χ1) is 8.86. The molecular formula is C14H21NO3S. The molecule has 0 fully saturated rings. The Balaban J connectivity index is 2.64. The van der Waals surface area contributed by atoms with Crippen LogP contribution in [0.15, 0.2) is 24.3 Å². The number of ketones is 1. The molecule has 0 unspecified atom stereocenters. The highest BCUT2D eigenvalue weighted by Crippen LogP contribution is 2.10. The number of nitrogens with two attached hydrogens (primary N) is 1. The highest BCUT2D eigenvalue weighted by Gasteiger charge is 2.18. The normalized spacial score (nSPS) is 11.8. The fourth-order valence-corrected chi connectivity index (χ4v) is 2.58. The SMILES string of the molecule is CC(C)S(=O)(=O)CCC(=O)c1ccc(CCN)cc1. The van der Waals surface area contributed by atoms with E-state index < -0.39 is 15.1 Å². The standard InChI is InChI=1S/C14H21NO3S/c1-11(2)19(17,18)10-8-14(16)13-5-3-12(4-6-13)7-9-15/h3-6,11H,7-10,15H2,1-2H3. The third-order valence-corrected chi connectivity index (χ3v) is 5.25. The molecule has 0 aliphatic carbocycles. The second kappa shape index (κ2) is 6.82. The number of hydrogen-bond donors (Lipinski definition) is 1. The first-order valence-corrected chi connectivity index (χ1v) is 8.12. The van der Waals surface area contributed by atoms with Gasteiger partial charge in [-0.25, -0.2) is 8.42 Å². The van der Waals surface area contributed by atoms with Crippen molar-refractivity contribution in [3.05, 3.63) is 35.4 Å². The molecule has 19 heavy (non-hydrogen) atoms. The molecule has 106 valence electrons. The number of carbonyl (C=O) groups is 1. The van der Waals surface area contributed by atoms with Gasteiger partial charge in [-0.1, -0.05) is 24.3 Å². The molecule has 0 aliphatic rings. The van der Waals surface area contributed by atoms with Crippen LogP contribution in [-0.2, 0) is 16.3 Å². The molecule has 1 aromatic carbocycles. The molecule has 0 aliphatic heterocycles. The van der Waals surface area contributed by atoms with Gasteiger partial charge in [-0.15, -0.1) is 0 Å². The van der Waals surface area contributed by atoms with Gasteiger partial charge < -0.3 is 5.73 Å². The molecule has 1 rings (SSSR count). The molecule has 2 N–H and O–H groups in total. The summed E-state index contributed by atoms with van der Waals surface area (Å²) in [4.78, 5) is 11.9. The van der Waals surface area contributed by atoms with Crippen molar-refractivity contribution in [3.63, 3.8) is 0 Å². The molecule has 0 heterocycles. The number of Topliss-reactive ketones (excluding diaryl/α,β-unsaturated/α-hetero) is 1. The van der Waals surface area contributed by atoms with Crippen LogP contribution in [0.2, 0.25) is 0 Å². The van der Waals surface area contributed by atoms with Crippen LogP contribution in [0.25, 0.3) is 0 Å². The van der Waals surface area contributed by atoms with E-state index in [1.54, 1.807) is 26.0 Å². The van der Waals surface area contributed by atoms with Gasteiger partial charge in [-0.05, 0) is 32.4 Å². The Labute approximate surface area is 114 Å². The van der Waals surface area contributed by atoms with Gasteiger partial charge in [-0.2, -0.15) is 0 Å². The summed E-state index contributed by atoms with van der Waals surface area (Å²) in [5, 5.41) is -0.438. The van der Waals surface area contributed by atoms with E-state index in [1.807, 2.05) is 12.1 Å². The van der Waals surface area contributed by atoms with Crippen molar-refractivity contribution >= 4 is 15.6 Å². The Hall–Kier alpha value is -1.20. The van der Waals surface area contributed by atoms with Crippen LogP contribution in [0.5, 0.6) is 0 Å². The summed E-state index contributed by atoms with van der Waals surface area (Å²) in [7, 11) is -3.16. The molecule has 1 aromatic rings. The fourth-order valence-electron chi connectivity index (χ4n) is 1.64. The molecule has 5 heteroatoms. The summed E-state index contributed by atoms with van der Waals surface area (Å²) < 4.78 is 23.3. The van der Waals surface area contributed by atoms with E-state index in [4.69, 9.17) is 5.73 Å². The topological polar surface area (TPSA) is 77.2 Å². The molecule has 0 amide bonds. The van der Waals surface area contributed by atoms with Crippen molar-refractivity contribution in [1.29, 1.82) is 0 Å². The summed E-state index contributed by atoms with van der Waals surface area (Å²) in [5.74, 6) is -0.225. The van der Waals surface area contributed by atoms with Crippen LogP contribution in [0.3, 0.4) is 0 Å². The highest BCUT2D eigenvalue weighted by atomic mass is 32.2. The summed E-state index contributed by atoms with van der Waals surface area (Å²) in [5.41, 5.74) is 7.08. The summed E-state index contributed by atoms with van der Waals surface area (Å²) in [6.45, 7) is 3.82. The van der Waals surface area contributed by atoms with Crippen molar-refractivity contribution < 1.29 is 13.2 Å². The van der Waals surface area contributed by atoms with Gasteiger partial charge in [0.2, 0.25) is 0 Å². The van der Waals surface area contributed by atoms with Gasteiger partial charge >= 0.3 is 0 Å². The second-order valence-corrected chi connectivity index (χ2v) is 7.50.